The second-order valence-electron chi connectivity index (χ2n) is 5.65. The van der Waals surface area contributed by atoms with Gasteiger partial charge in [0.1, 0.15) is 0 Å². The molecule has 1 saturated carbocycles. The van der Waals surface area contributed by atoms with Crippen LogP contribution >= 0.6 is 0 Å². The average Bonchev–Trinajstić information content (AvgIpc) is 3.14. The molecule has 1 aromatic carbocycles. The monoisotopic (exact) mass is 300 g/mol. The highest BCUT2D eigenvalue weighted by Crippen LogP contribution is 2.48. The zero-order valence-electron chi connectivity index (χ0n) is 11.7. The molecule has 3 N–H and O–H groups in total. The minimum atomic E-state index is -0.966. The molecule has 0 spiro atoms. The van der Waals surface area contributed by atoms with Crippen LogP contribution in [0.25, 0.3) is 0 Å². The largest absolute Gasteiger partial charge is 0.481 e. The van der Waals surface area contributed by atoms with Crippen molar-refractivity contribution >= 4 is 17.8 Å². The lowest BCUT2D eigenvalue weighted by Crippen LogP contribution is -2.48. The Morgan fingerprint density at radius 3 is 2.23 bits per heavy atom. The maximum absolute atomic E-state index is 12.3. The fraction of sp³-hybridized carbons (Fsp3) is 0.312. The average molecular weight is 300 g/mol. The van der Waals surface area contributed by atoms with E-state index < -0.39 is 29.6 Å². The van der Waals surface area contributed by atoms with Crippen LogP contribution in [0.15, 0.2) is 42.5 Å². The highest BCUT2D eigenvalue weighted by atomic mass is 16.4. The fourth-order valence-electron chi connectivity index (χ4n) is 3.38. The summed E-state index contributed by atoms with van der Waals surface area (Å²) in [4.78, 5) is 35.5. The van der Waals surface area contributed by atoms with Gasteiger partial charge >= 0.3 is 5.97 Å². The molecule has 1 fully saturated rings. The molecular formula is C16H16N2O4. The Labute approximate surface area is 127 Å². The van der Waals surface area contributed by atoms with Crippen molar-refractivity contribution in [2.45, 2.75) is 6.42 Å². The third-order valence-electron chi connectivity index (χ3n) is 4.38. The maximum Gasteiger partial charge on any atom is 0.307 e. The highest BCUT2D eigenvalue weighted by Gasteiger charge is 2.51. The molecular weight excluding hydrogens is 284 g/mol. The summed E-state index contributed by atoms with van der Waals surface area (Å²) >= 11 is 0. The molecule has 0 aromatic heterocycles. The smallest absolute Gasteiger partial charge is 0.307 e. The lowest BCUT2D eigenvalue weighted by Gasteiger charge is -2.23. The summed E-state index contributed by atoms with van der Waals surface area (Å²) < 4.78 is 0. The van der Waals surface area contributed by atoms with E-state index in [0.717, 1.165) is 0 Å². The van der Waals surface area contributed by atoms with Gasteiger partial charge in [-0.3, -0.25) is 25.2 Å². The van der Waals surface area contributed by atoms with Crippen molar-refractivity contribution in [3.63, 3.8) is 0 Å². The first-order valence-electron chi connectivity index (χ1n) is 7.14. The zero-order chi connectivity index (χ0) is 15.7. The Balaban J connectivity index is 1.64. The Kier molecular flexibility index (Phi) is 3.66. The van der Waals surface area contributed by atoms with E-state index in [9.17, 15) is 19.5 Å². The topological polar surface area (TPSA) is 95.5 Å². The molecule has 3 rings (SSSR count). The highest BCUT2D eigenvalue weighted by molar-refractivity contribution is 5.96. The molecule has 0 saturated heterocycles. The number of hydrazine groups is 1. The van der Waals surface area contributed by atoms with Gasteiger partial charge in [0, 0.05) is 5.56 Å². The number of allylic oxidation sites excluding steroid dienone is 2. The van der Waals surface area contributed by atoms with Crippen LogP contribution in [0.3, 0.4) is 0 Å². The summed E-state index contributed by atoms with van der Waals surface area (Å²) in [6.45, 7) is 0. The van der Waals surface area contributed by atoms with Crippen molar-refractivity contribution in [2.24, 2.45) is 23.7 Å². The number of amides is 2. The van der Waals surface area contributed by atoms with Crippen molar-refractivity contribution in [1.82, 2.24) is 10.9 Å². The number of rotatable bonds is 3. The van der Waals surface area contributed by atoms with Crippen LogP contribution in [-0.4, -0.2) is 22.9 Å². The summed E-state index contributed by atoms with van der Waals surface area (Å²) in [7, 11) is 0. The Hall–Kier alpha value is -2.63. The van der Waals surface area contributed by atoms with E-state index in [1.54, 1.807) is 30.3 Å². The predicted octanol–water partition coefficient (Wildman–Crippen LogP) is 0.970. The van der Waals surface area contributed by atoms with E-state index in [1.807, 2.05) is 12.2 Å². The van der Waals surface area contributed by atoms with Gasteiger partial charge in [-0.25, -0.2) is 0 Å². The second-order valence-corrected chi connectivity index (χ2v) is 5.65. The van der Waals surface area contributed by atoms with Crippen LogP contribution in [0, 0.1) is 23.7 Å². The minimum Gasteiger partial charge on any atom is -0.481 e. The molecule has 2 amide bonds. The first kappa shape index (κ1) is 14.3. The molecule has 0 radical (unpaired) electrons. The van der Waals surface area contributed by atoms with E-state index in [0.29, 0.717) is 12.0 Å². The third kappa shape index (κ3) is 2.47. The van der Waals surface area contributed by atoms with Crippen molar-refractivity contribution in [3.05, 3.63) is 48.0 Å². The number of carbonyl (C=O) groups excluding carboxylic acids is 2. The van der Waals surface area contributed by atoms with E-state index in [1.165, 1.54) is 0 Å². The van der Waals surface area contributed by atoms with E-state index in [-0.39, 0.29) is 11.8 Å². The summed E-state index contributed by atoms with van der Waals surface area (Å²) in [6.07, 6.45) is 4.45. The van der Waals surface area contributed by atoms with Gasteiger partial charge in [-0.2, -0.15) is 0 Å². The Morgan fingerprint density at radius 2 is 1.59 bits per heavy atom. The molecule has 6 heteroatoms. The molecule has 2 aliphatic rings. The van der Waals surface area contributed by atoms with Gasteiger partial charge in [0.25, 0.3) is 5.91 Å². The molecule has 2 bridgehead atoms. The van der Waals surface area contributed by atoms with Gasteiger partial charge in [0.15, 0.2) is 0 Å². The van der Waals surface area contributed by atoms with E-state index in [4.69, 9.17) is 0 Å². The molecule has 1 aromatic rings. The molecule has 0 heterocycles. The first-order chi connectivity index (χ1) is 10.6. The first-order valence-corrected chi connectivity index (χ1v) is 7.14. The van der Waals surface area contributed by atoms with Crippen LogP contribution < -0.4 is 10.9 Å². The molecule has 4 atom stereocenters. The molecule has 114 valence electrons. The van der Waals surface area contributed by atoms with Gasteiger partial charge in [-0.15, -0.1) is 0 Å². The Morgan fingerprint density at radius 1 is 0.955 bits per heavy atom. The summed E-state index contributed by atoms with van der Waals surface area (Å²) in [5, 5.41) is 9.31. The fourth-order valence-corrected chi connectivity index (χ4v) is 3.38. The van der Waals surface area contributed by atoms with Crippen molar-refractivity contribution in [2.75, 3.05) is 0 Å². The number of carbonyl (C=O) groups is 3. The van der Waals surface area contributed by atoms with Gasteiger partial charge < -0.3 is 5.11 Å². The van der Waals surface area contributed by atoms with Gasteiger partial charge in [-0.05, 0) is 30.4 Å². The number of hydrogen-bond acceptors (Lipinski definition) is 3. The molecule has 2 aliphatic carbocycles. The van der Waals surface area contributed by atoms with Crippen molar-refractivity contribution in [3.8, 4) is 0 Å². The zero-order valence-corrected chi connectivity index (χ0v) is 11.7. The summed E-state index contributed by atoms with van der Waals surface area (Å²) in [5.74, 6) is -3.37. The second kappa shape index (κ2) is 5.63. The molecule has 0 aliphatic heterocycles. The van der Waals surface area contributed by atoms with Crippen LogP contribution in [0.1, 0.15) is 16.8 Å². The molecule has 6 nitrogen and oxygen atoms in total. The molecule has 22 heavy (non-hydrogen) atoms. The van der Waals surface area contributed by atoms with E-state index >= 15 is 0 Å². The maximum atomic E-state index is 12.3. The lowest BCUT2D eigenvalue weighted by atomic mass is 9.82. The number of hydrogen-bond donors (Lipinski definition) is 3. The standard InChI is InChI=1S/C16H16N2O4/c19-14(9-4-2-1-3-5-9)17-18-15(20)12-10-6-7-11(8-10)13(12)16(21)22/h1-7,10-13H,8H2,(H,17,19)(H,18,20)(H,21,22)/t10-,11-,12-,13-/m0/s1. The van der Waals surface area contributed by atoms with Crippen molar-refractivity contribution < 1.29 is 19.5 Å². The summed E-state index contributed by atoms with van der Waals surface area (Å²) in [6, 6.07) is 8.48. The lowest BCUT2D eigenvalue weighted by molar-refractivity contribution is -0.148. The van der Waals surface area contributed by atoms with Gasteiger partial charge in [0.05, 0.1) is 11.8 Å². The number of carboxylic acid groups (broad SMARTS) is 1. The molecule has 0 unspecified atom stereocenters. The SMILES string of the molecule is O=C(NNC(=O)[C@@H]1[C@@H](C(=O)O)[C@H]2C=C[C@H]1C2)c1ccccc1. The van der Waals surface area contributed by atoms with Crippen molar-refractivity contribution in [1.29, 1.82) is 0 Å². The van der Waals surface area contributed by atoms with Crippen LogP contribution in [0.2, 0.25) is 0 Å². The van der Waals surface area contributed by atoms with Crippen LogP contribution in [0.4, 0.5) is 0 Å². The number of aliphatic carboxylic acids is 1. The predicted molar refractivity (Wildman–Crippen MR) is 77.4 cm³/mol. The van der Waals surface area contributed by atoms with E-state index in [2.05, 4.69) is 10.9 Å². The van der Waals surface area contributed by atoms with Gasteiger partial charge in [-0.1, -0.05) is 30.4 Å². The number of benzene rings is 1. The normalized spacial score (nSPS) is 28.4. The quantitative estimate of drug-likeness (QED) is 0.572. The number of carboxylic acids is 1. The minimum absolute atomic E-state index is 0.0697. The van der Waals surface area contributed by atoms with Crippen LogP contribution in [-0.2, 0) is 9.59 Å². The van der Waals surface area contributed by atoms with Gasteiger partial charge in [0.2, 0.25) is 5.91 Å². The third-order valence-corrected chi connectivity index (χ3v) is 4.38. The summed E-state index contributed by atoms with van der Waals surface area (Å²) in [5.41, 5.74) is 5.12. The number of nitrogens with one attached hydrogen (secondary N) is 2. The van der Waals surface area contributed by atoms with Crippen LogP contribution in [0.5, 0.6) is 0 Å². The Bertz CT molecular complexity index is 641. The number of fused-ring (bicyclic) bond motifs is 2.